The molecule has 0 aliphatic heterocycles. The molecule has 0 atom stereocenters. The van der Waals surface area contributed by atoms with E-state index in [1.54, 1.807) is 25.3 Å². The van der Waals surface area contributed by atoms with E-state index < -0.39 is 0 Å². The number of methoxy groups -OCH3 is 1. The van der Waals surface area contributed by atoms with Gasteiger partial charge in [0.25, 0.3) is 5.91 Å². The SMILES string of the molecule is COc1cc(C(=O)Nc2nc3c(C)cc(C)cc3s2)ccc1OCc1c(C)noc1C. The number of carbonyl (C=O) groups excluding carboxylic acids is 1. The van der Waals surface area contributed by atoms with Crippen molar-refractivity contribution in [1.29, 1.82) is 0 Å². The summed E-state index contributed by atoms with van der Waals surface area (Å²) in [5.41, 5.74) is 5.30. The zero-order chi connectivity index (χ0) is 22.1. The van der Waals surface area contributed by atoms with Crippen molar-refractivity contribution in [2.45, 2.75) is 34.3 Å². The highest BCUT2D eigenvalue weighted by Crippen LogP contribution is 2.32. The lowest BCUT2D eigenvalue weighted by Crippen LogP contribution is -2.12. The largest absolute Gasteiger partial charge is 0.493 e. The van der Waals surface area contributed by atoms with Crippen LogP contribution in [-0.2, 0) is 6.61 Å². The Morgan fingerprint density at radius 2 is 1.94 bits per heavy atom. The van der Waals surface area contributed by atoms with Crippen LogP contribution >= 0.6 is 11.3 Å². The zero-order valence-electron chi connectivity index (χ0n) is 18.0. The highest BCUT2D eigenvalue weighted by Gasteiger charge is 2.16. The Labute approximate surface area is 184 Å². The smallest absolute Gasteiger partial charge is 0.257 e. The number of benzene rings is 2. The number of nitrogens with one attached hydrogen (secondary N) is 1. The second-order valence-corrected chi connectivity index (χ2v) is 8.39. The van der Waals surface area contributed by atoms with Crippen molar-refractivity contribution >= 4 is 32.6 Å². The highest BCUT2D eigenvalue weighted by atomic mass is 32.1. The lowest BCUT2D eigenvalue weighted by atomic mass is 10.1. The number of anilines is 1. The molecule has 2 heterocycles. The topological polar surface area (TPSA) is 86.5 Å². The van der Waals surface area contributed by atoms with E-state index in [0.717, 1.165) is 27.0 Å². The first kappa shape index (κ1) is 20.9. The molecule has 4 rings (SSSR count). The van der Waals surface area contributed by atoms with Crippen molar-refractivity contribution in [2.24, 2.45) is 0 Å². The molecule has 160 valence electrons. The predicted octanol–water partition coefficient (Wildman–Crippen LogP) is 5.36. The van der Waals surface area contributed by atoms with Gasteiger partial charge in [0.1, 0.15) is 12.4 Å². The minimum absolute atomic E-state index is 0.260. The molecule has 0 aliphatic rings. The van der Waals surface area contributed by atoms with Gasteiger partial charge in [-0.25, -0.2) is 4.98 Å². The molecule has 0 saturated carbocycles. The van der Waals surface area contributed by atoms with Gasteiger partial charge in [0.05, 0.1) is 28.6 Å². The first-order valence-corrected chi connectivity index (χ1v) is 10.6. The van der Waals surface area contributed by atoms with Crippen molar-refractivity contribution in [3.63, 3.8) is 0 Å². The lowest BCUT2D eigenvalue weighted by Gasteiger charge is -2.12. The van der Waals surface area contributed by atoms with E-state index >= 15 is 0 Å². The maximum Gasteiger partial charge on any atom is 0.257 e. The Balaban J connectivity index is 1.51. The Kier molecular flexibility index (Phi) is 5.65. The number of carbonyl (C=O) groups is 1. The van der Waals surface area contributed by atoms with E-state index in [4.69, 9.17) is 14.0 Å². The van der Waals surface area contributed by atoms with Gasteiger partial charge in [0.2, 0.25) is 0 Å². The number of ether oxygens (including phenoxy) is 2. The fraction of sp³-hybridized carbons (Fsp3) is 0.261. The van der Waals surface area contributed by atoms with Gasteiger partial charge in [-0.05, 0) is 63.1 Å². The summed E-state index contributed by atoms with van der Waals surface area (Å²) in [7, 11) is 1.54. The number of nitrogens with zero attached hydrogens (tertiary/aromatic N) is 2. The van der Waals surface area contributed by atoms with Crippen LogP contribution in [0.1, 0.15) is 38.5 Å². The summed E-state index contributed by atoms with van der Waals surface area (Å²) in [5, 5.41) is 7.38. The molecule has 1 N–H and O–H groups in total. The van der Waals surface area contributed by atoms with Crippen LogP contribution in [0.4, 0.5) is 5.13 Å². The third-order valence-corrected chi connectivity index (χ3v) is 5.95. The number of fused-ring (bicyclic) bond motifs is 1. The van der Waals surface area contributed by atoms with Gasteiger partial charge < -0.3 is 14.0 Å². The monoisotopic (exact) mass is 437 g/mol. The molecule has 0 unspecified atom stereocenters. The zero-order valence-corrected chi connectivity index (χ0v) is 18.8. The molecular formula is C23H23N3O4S. The average molecular weight is 438 g/mol. The van der Waals surface area contributed by atoms with Crippen LogP contribution in [-0.4, -0.2) is 23.2 Å². The summed E-state index contributed by atoms with van der Waals surface area (Å²) < 4.78 is 17.5. The fourth-order valence-electron chi connectivity index (χ4n) is 3.38. The van der Waals surface area contributed by atoms with E-state index in [1.807, 2.05) is 27.7 Å². The highest BCUT2D eigenvalue weighted by molar-refractivity contribution is 7.22. The summed E-state index contributed by atoms with van der Waals surface area (Å²) in [6.07, 6.45) is 0. The normalized spacial score (nSPS) is 11.0. The second kappa shape index (κ2) is 8.39. The van der Waals surface area contributed by atoms with Crippen LogP contribution in [0.25, 0.3) is 10.2 Å². The van der Waals surface area contributed by atoms with Crippen LogP contribution in [0.5, 0.6) is 11.5 Å². The Morgan fingerprint density at radius 1 is 1.13 bits per heavy atom. The van der Waals surface area contributed by atoms with Crippen LogP contribution < -0.4 is 14.8 Å². The quantitative estimate of drug-likeness (QED) is 0.437. The number of aryl methyl sites for hydroxylation is 4. The number of amides is 1. The molecule has 7 nitrogen and oxygen atoms in total. The lowest BCUT2D eigenvalue weighted by molar-refractivity contribution is 0.102. The molecule has 0 radical (unpaired) electrons. The van der Waals surface area contributed by atoms with Crippen molar-refractivity contribution < 1.29 is 18.8 Å². The summed E-state index contributed by atoms with van der Waals surface area (Å²) in [4.78, 5) is 17.4. The fourth-order valence-corrected chi connectivity index (χ4v) is 4.42. The number of rotatable bonds is 6. The first-order chi connectivity index (χ1) is 14.9. The maximum atomic E-state index is 12.8. The Bertz CT molecular complexity index is 1260. The number of hydrogen-bond acceptors (Lipinski definition) is 7. The van der Waals surface area contributed by atoms with Crippen molar-refractivity contribution in [2.75, 3.05) is 12.4 Å². The molecular weight excluding hydrogens is 414 g/mol. The van der Waals surface area contributed by atoms with E-state index in [2.05, 4.69) is 27.6 Å². The summed E-state index contributed by atoms with van der Waals surface area (Å²) in [6.45, 7) is 8.07. The minimum atomic E-state index is -0.260. The van der Waals surface area contributed by atoms with Crippen LogP contribution in [0.15, 0.2) is 34.9 Å². The van der Waals surface area contributed by atoms with E-state index in [1.165, 1.54) is 16.9 Å². The molecule has 1 amide bonds. The van der Waals surface area contributed by atoms with E-state index in [9.17, 15) is 4.79 Å². The predicted molar refractivity (Wildman–Crippen MR) is 120 cm³/mol. The minimum Gasteiger partial charge on any atom is -0.493 e. The molecule has 2 aromatic heterocycles. The number of aromatic nitrogens is 2. The van der Waals surface area contributed by atoms with Gasteiger partial charge >= 0.3 is 0 Å². The summed E-state index contributed by atoms with van der Waals surface area (Å²) in [5.74, 6) is 1.46. The van der Waals surface area contributed by atoms with E-state index in [0.29, 0.717) is 34.6 Å². The molecule has 0 spiro atoms. The van der Waals surface area contributed by atoms with Gasteiger partial charge in [0.15, 0.2) is 16.6 Å². The second-order valence-electron chi connectivity index (χ2n) is 7.36. The van der Waals surface area contributed by atoms with E-state index in [-0.39, 0.29) is 5.91 Å². The molecule has 31 heavy (non-hydrogen) atoms. The summed E-state index contributed by atoms with van der Waals surface area (Å²) in [6, 6.07) is 9.23. The van der Waals surface area contributed by atoms with Gasteiger partial charge in [-0.3, -0.25) is 10.1 Å². The van der Waals surface area contributed by atoms with Gasteiger partial charge in [-0.2, -0.15) is 0 Å². The molecule has 0 fully saturated rings. The first-order valence-electron chi connectivity index (χ1n) is 9.77. The van der Waals surface area contributed by atoms with Gasteiger partial charge in [-0.1, -0.05) is 22.6 Å². The number of hydrogen-bond donors (Lipinski definition) is 1. The third kappa shape index (κ3) is 4.25. The maximum absolute atomic E-state index is 12.8. The van der Waals surface area contributed by atoms with Crippen molar-refractivity contribution in [3.05, 3.63) is 64.0 Å². The number of thiazole rings is 1. The van der Waals surface area contributed by atoms with Crippen molar-refractivity contribution in [1.82, 2.24) is 10.1 Å². The molecule has 4 aromatic rings. The standard InChI is InChI=1S/C23H23N3O4S/c1-12-8-13(2)21-20(9-12)31-23(24-21)25-22(27)16-6-7-18(19(10-16)28-5)29-11-17-14(3)26-30-15(17)4/h6-10H,11H2,1-5H3,(H,24,25,27). The van der Waals surface area contributed by atoms with Gasteiger partial charge in [0, 0.05) is 5.56 Å². The molecule has 2 aromatic carbocycles. The van der Waals surface area contributed by atoms with Gasteiger partial charge in [-0.15, -0.1) is 0 Å². The average Bonchev–Trinajstić information content (AvgIpc) is 3.28. The molecule has 0 saturated heterocycles. The van der Waals surface area contributed by atoms with Crippen LogP contribution in [0.2, 0.25) is 0 Å². The van der Waals surface area contributed by atoms with Crippen molar-refractivity contribution in [3.8, 4) is 11.5 Å². The third-order valence-electron chi connectivity index (χ3n) is 5.03. The summed E-state index contributed by atoms with van der Waals surface area (Å²) >= 11 is 1.46. The Morgan fingerprint density at radius 3 is 2.65 bits per heavy atom. The van der Waals surface area contributed by atoms with Crippen LogP contribution in [0.3, 0.4) is 0 Å². The molecule has 0 bridgehead atoms. The molecule has 8 heteroatoms. The molecule has 0 aliphatic carbocycles. The van der Waals surface area contributed by atoms with Crippen LogP contribution in [0, 0.1) is 27.7 Å². The Hall–Kier alpha value is -3.39.